The van der Waals surface area contributed by atoms with E-state index in [0.29, 0.717) is 32.1 Å². The third kappa shape index (κ3) is 36.5. The average Bonchev–Trinajstić information content (AvgIpc) is 0.825. The highest BCUT2D eigenvalue weighted by Gasteiger charge is 2.46. The summed E-state index contributed by atoms with van der Waals surface area (Å²) in [6.07, 6.45) is -7.93. The average molecular weight is 1430 g/mol. The van der Waals surface area contributed by atoms with E-state index in [1.807, 2.05) is 6.92 Å². The van der Waals surface area contributed by atoms with Gasteiger partial charge >= 0.3 is 0 Å². The Bertz CT molecular complexity index is 2220. The van der Waals surface area contributed by atoms with Crippen molar-refractivity contribution in [3.8, 4) is 0 Å². The third-order valence-corrected chi connectivity index (χ3v) is 16.3. The summed E-state index contributed by atoms with van der Waals surface area (Å²) >= 11 is 0. The summed E-state index contributed by atoms with van der Waals surface area (Å²) in [6.45, 7) is 5.44. The number of ether oxygens (including phenoxy) is 13. The molecule has 36 nitrogen and oxygen atoms in total. The van der Waals surface area contributed by atoms with Crippen LogP contribution >= 0.6 is 0 Å². The molecule has 0 bridgehead atoms. The van der Waals surface area contributed by atoms with Crippen molar-refractivity contribution in [2.75, 3.05) is 172 Å². The Balaban J connectivity index is 1.36. The fourth-order valence-electron chi connectivity index (χ4n) is 10.9. The van der Waals surface area contributed by atoms with Crippen molar-refractivity contribution in [1.29, 1.82) is 0 Å². The van der Waals surface area contributed by atoms with Crippen molar-refractivity contribution in [3.63, 3.8) is 0 Å². The highest BCUT2D eigenvalue weighted by molar-refractivity contribution is 5.93. The summed E-state index contributed by atoms with van der Waals surface area (Å²) in [5, 5.41) is 106. The monoisotopic (exact) mass is 1430 g/mol. The van der Waals surface area contributed by atoms with Crippen LogP contribution in [0.15, 0.2) is 0 Å². The minimum absolute atomic E-state index is 0.0159. The first-order valence-electron chi connectivity index (χ1n) is 34.2. The van der Waals surface area contributed by atoms with Crippen LogP contribution in [0.1, 0.15) is 85.0 Å². The van der Waals surface area contributed by atoms with Gasteiger partial charge in [-0.2, -0.15) is 0 Å². The molecule has 0 spiro atoms. The highest BCUT2D eigenvalue weighted by atomic mass is 16.7. The summed E-state index contributed by atoms with van der Waals surface area (Å²) in [5.41, 5.74) is 5.86. The van der Waals surface area contributed by atoms with Crippen LogP contribution in [-0.4, -0.2) is 350 Å². The van der Waals surface area contributed by atoms with Gasteiger partial charge in [-0.3, -0.25) is 33.6 Å². The second kappa shape index (κ2) is 53.4. The molecule has 0 aromatic rings. The summed E-state index contributed by atoms with van der Waals surface area (Å²) < 4.78 is 72.0. The van der Waals surface area contributed by atoms with Gasteiger partial charge in [0.25, 0.3) is 0 Å². The summed E-state index contributed by atoms with van der Waals surface area (Å²) in [4.78, 5) is 89.0. The normalized spacial score (nSPS) is 26.1. The van der Waals surface area contributed by atoms with Gasteiger partial charge in [-0.25, -0.2) is 0 Å². The minimum Gasteiger partial charge on any atom is -0.396 e. The van der Waals surface area contributed by atoms with Crippen LogP contribution in [0.2, 0.25) is 0 Å². The topological polar surface area (TPSA) is 520 Å². The molecule has 1 saturated heterocycles. The first-order chi connectivity index (χ1) is 47.7. The maximum absolute atomic E-state index is 13.9. The molecule has 3 fully saturated rings. The van der Waals surface area contributed by atoms with Crippen LogP contribution < -0.4 is 37.6 Å². The predicted molar refractivity (Wildman–Crippen MR) is 346 cm³/mol. The number of amides is 6. The molecule has 1 aliphatic heterocycles. The van der Waals surface area contributed by atoms with E-state index in [4.69, 9.17) is 67.3 Å². The summed E-state index contributed by atoms with van der Waals surface area (Å²) in [5.74, 6) is -4.21. The number of Topliss-reactive ketones (excluding diaryl/α,β-unsaturated/α-hetero) is 1. The largest absolute Gasteiger partial charge is 0.396 e. The van der Waals surface area contributed by atoms with Crippen molar-refractivity contribution in [3.05, 3.63) is 0 Å². The lowest BCUT2D eigenvalue weighted by atomic mass is 9.79. The molecule has 1 heterocycles. The van der Waals surface area contributed by atoms with Crippen LogP contribution in [0.25, 0.3) is 0 Å². The van der Waals surface area contributed by atoms with E-state index < -0.39 is 140 Å². The van der Waals surface area contributed by atoms with Gasteiger partial charge in [0, 0.05) is 58.4 Å². The van der Waals surface area contributed by atoms with Gasteiger partial charge in [-0.1, -0.05) is 6.92 Å². The Morgan fingerprint density at radius 3 is 1.23 bits per heavy atom. The Morgan fingerprint density at radius 2 is 0.838 bits per heavy atom. The molecule has 2 unspecified atom stereocenters. The molecule has 0 aromatic heterocycles. The molecular weight excluding hydrogens is 1320 g/mol. The number of hydrogen-bond donors (Lipinski definition) is 16. The van der Waals surface area contributed by atoms with E-state index in [9.17, 15) is 79.5 Å². The summed E-state index contributed by atoms with van der Waals surface area (Å²) in [6, 6.07) is -4.72. The number of carbonyl (C=O) groups excluding carboxylic acids is 7. The second-order valence-electron chi connectivity index (χ2n) is 24.2. The van der Waals surface area contributed by atoms with Gasteiger partial charge in [-0.15, -0.1) is 0 Å². The Hall–Kier alpha value is -4.43. The molecule has 0 radical (unpaired) electrons. The molecule has 17 N–H and O–H groups in total. The van der Waals surface area contributed by atoms with E-state index in [2.05, 4.69) is 31.9 Å². The molecular formula is C63H115N7O29. The number of nitrogens with one attached hydrogen (secondary N) is 6. The van der Waals surface area contributed by atoms with Crippen molar-refractivity contribution >= 4 is 41.2 Å². The van der Waals surface area contributed by atoms with Crippen LogP contribution in [0, 0.1) is 11.8 Å². The number of nitrogens with two attached hydrogens (primary N) is 1. The fraction of sp³-hybridized carbons (Fsp3) is 0.889. The number of aliphatic hydroxyl groups is 9. The Kier molecular flexibility index (Phi) is 47.9. The van der Waals surface area contributed by atoms with Crippen LogP contribution in [0.4, 0.5) is 0 Å². The first-order valence-corrected chi connectivity index (χ1v) is 34.2. The van der Waals surface area contributed by atoms with Crippen LogP contribution in [0.5, 0.6) is 0 Å². The Labute approximate surface area is 578 Å². The standard InChI is InChI=1S/C63H115N7O29/c1-4-9-46(76)44(10-5-7-12-65-50(77)37-93-23-20-87-14-17-90-26-29-96-47-32-42(34-71)56(80)60(84)54(47)67-40(2)74)70-62(86)45(69-52(79)39-95-25-22-89-15-18-91-27-30-97-48-33-43(35-72)57(81)61(85)55(48)68-41(3)75)11-6-8-13-66-51(78)38-94-24-21-88-16-19-92-28-31-98-63-53(64)59(83)58(82)49(36-73)99-63/h42-45,47-49,53-61,63,71-73,80-85H,4-39,64H2,1-3H3,(H,65,77)(H,66,78)(H,67,74)(H,68,75)(H,69,79)(H,70,86)/t42-,43-,44?,45?,47-,48-,49-,53-,54+,55+,56+,57+,58+,59-,60-,61-,63-/m1/s1. The van der Waals surface area contributed by atoms with Gasteiger partial charge in [0.1, 0.15) is 56.4 Å². The maximum atomic E-state index is 13.9. The highest BCUT2D eigenvalue weighted by Crippen LogP contribution is 2.29. The van der Waals surface area contributed by atoms with E-state index in [-0.39, 0.29) is 208 Å². The molecule has 2 saturated carbocycles. The van der Waals surface area contributed by atoms with E-state index in [1.54, 1.807) is 0 Å². The smallest absolute Gasteiger partial charge is 0.246 e. The molecule has 36 heteroatoms. The molecule has 3 rings (SSSR count). The third-order valence-electron chi connectivity index (χ3n) is 16.3. The van der Waals surface area contributed by atoms with Crippen LogP contribution in [0.3, 0.4) is 0 Å². The lowest BCUT2D eigenvalue weighted by Gasteiger charge is -2.42. The predicted octanol–water partition coefficient (Wildman–Crippen LogP) is -6.92. The lowest BCUT2D eigenvalue weighted by molar-refractivity contribution is -0.267. The van der Waals surface area contributed by atoms with Gasteiger partial charge in [0.15, 0.2) is 12.1 Å². The molecule has 99 heavy (non-hydrogen) atoms. The lowest BCUT2D eigenvalue weighted by Crippen LogP contribution is -2.62. The first kappa shape index (κ1) is 88.8. The van der Waals surface area contributed by atoms with Gasteiger partial charge in [0.05, 0.1) is 174 Å². The molecule has 3 aliphatic rings. The minimum atomic E-state index is -1.34. The zero-order valence-electron chi connectivity index (χ0n) is 57.5. The summed E-state index contributed by atoms with van der Waals surface area (Å²) in [7, 11) is 0. The van der Waals surface area contributed by atoms with Crippen molar-refractivity contribution in [1.82, 2.24) is 31.9 Å². The molecule has 576 valence electrons. The maximum Gasteiger partial charge on any atom is 0.246 e. The second-order valence-corrected chi connectivity index (χ2v) is 24.2. The SMILES string of the molecule is CCCC(=O)C(CCCCNC(=O)COCCOCCOCCO[C@@H]1C[C@H](CO)[C@H](O)[C@H](O)[C@H]1NC(C)=O)NC(=O)C(CCCCNC(=O)COCCOCCOCCO[C@@H]1O[C@H](CO)[C@H](O)[C@H](O)[C@H]1N)NC(=O)COCCOCCOCCO[C@@H]1C[C@H](CO)[C@H](O)[C@H](O)[C@H]1NC(C)=O. The number of hydrogen-bond acceptors (Lipinski definition) is 30. The van der Waals surface area contributed by atoms with Gasteiger partial charge in [0.2, 0.25) is 35.4 Å². The molecule has 17 atom stereocenters. The number of carbonyl (C=O) groups is 7. The van der Waals surface area contributed by atoms with E-state index in [1.165, 1.54) is 13.8 Å². The number of unbranched alkanes of at least 4 members (excludes halogenated alkanes) is 2. The zero-order chi connectivity index (χ0) is 72.7. The molecule has 2 aliphatic carbocycles. The zero-order valence-corrected chi connectivity index (χ0v) is 57.5. The van der Waals surface area contributed by atoms with Crippen molar-refractivity contribution in [2.45, 2.75) is 176 Å². The molecule has 6 amide bonds. The van der Waals surface area contributed by atoms with Gasteiger partial charge < -0.3 is 145 Å². The quantitative estimate of drug-likeness (QED) is 0.0252. The Morgan fingerprint density at radius 1 is 0.455 bits per heavy atom. The molecule has 0 aromatic carbocycles. The number of aliphatic hydroxyl groups excluding tert-OH is 9. The van der Waals surface area contributed by atoms with Crippen molar-refractivity contribution in [2.24, 2.45) is 17.6 Å². The van der Waals surface area contributed by atoms with E-state index >= 15 is 0 Å². The number of ketones is 1. The van der Waals surface area contributed by atoms with Crippen molar-refractivity contribution < 1.29 is 141 Å². The fourth-order valence-corrected chi connectivity index (χ4v) is 10.9. The van der Waals surface area contributed by atoms with Gasteiger partial charge in [-0.05, 0) is 57.8 Å². The number of rotatable bonds is 57. The van der Waals surface area contributed by atoms with E-state index in [0.717, 1.165) is 0 Å². The van der Waals surface area contributed by atoms with Crippen LogP contribution in [-0.2, 0) is 95.1 Å².